The molecule has 12 heteroatoms. The van der Waals surface area contributed by atoms with Gasteiger partial charge in [-0.1, -0.05) is 41.7 Å². The van der Waals surface area contributed by atoms with Gasteiger partial charge in [0.25, 0.3) is 0 Å². The zero-order valence-corrected chi connectivity index (χ0v) is 22.8. The minimum absolute atomic E-state index is 0.182. The standard InChI is InChI=1S/C29H28F3N5O3S/c30-29(31,32)21-6-8-22(9-7-21)33-28(39)37(13-12-36-14-16-40-17-15-36)23-10-11-24-25(19-23)41-27(34-24)35-26(38)18-20-4-2-1-3-5-20/h1-11,19H,12-18H2,(H,33,39)(H,34,35,38). The minimum Gasteiger partial charge on any atom is -0.379 e. The van der Waals surface area contributed by atoms with Crippen LogP contribution >= 0.6 is 11.3 Å². The number of urea groups is 1. The highest BCUT2D eigenvalue weighted by atomic mass is 32.1. The second-order valence-electron chi connectivity index (χ2n) is 9.49. The lowest BCUT2D eigenvalue weighted by atomic mass is 10.1. The number of ether oxygens (including phenoxy) is 1. The fourth-order valence-corrected chi connectivity index (χ4v) is 5.34. The molecule has 5 rings (SSSR count). The molecule has 3 amide bonds. The van der Waals surface area contributed by atoms with E-state index in [1.165, 1.54) is 23.5 Å². The SMILES string of the molecule is O=C(Cc1ccccc1)Nc1nc2ccc(N(CCN3CCOCC3)C(=O)Nc3ccc(C(F)(F)F)cc3)cc2s1. The van der Waals surface area contributed by atoms with Gasteiger partial charge in [-0.3, -0.25) is 14.6 Å². The molecule has 0 atom stereocenters. The Hall–Kier alpha value is -4.00. The zero-order valence-electron chi connectivity index (χ0n) is 22.0. The number of nitrogens with zero attached hydrogens (tertiary/aromatic N) is 3. The summed E-state index contributed by atoms with van der Waals surface area (Å²) in [5.74, 6) is -0.182. The summed E-state index contributed by atoms with van der Waals surface area (Å²) in [7, 11) is 0. The van der Waals surface area contributed by atoms with Gasteiger partial charge in [-0.05, 0) is 48.0 Å². The predicted octanol–water partition coefficient (Wildman–Crippen LogP) is 5.87. The van der Waals surface area contributed by atoms with Crippen LogP contribution in [0.1, 0.15) is 11.1 Å². The van der Waals surface area contributed by atoms with E-state index in [2.05, 4.69) is 20.5 Å². The van der Waals surface area contributed by atoms with E-state index in [4.69, 9.17) is 4.74 Å². The summed E-state index contributed by atoms with van der Waals surface area (Å²) in [4.78, 5) is 34.2. The topological polar surface area (TPSA) is 86.8 Å². The van der Waals surface area contributed by atoms with E-state index >= 15 is 0 Å². The Labute approximate surface area is 238 Å². The number of carbonyl (C=O) groups excluding carboxylic acids is 2. The molecule has 0 spiro atoms. The molecule has 2 heterocycles. The number of benzene rings is 3. The molecular formula is C29H28F3N5O3S. The summed E-state index contributed by atoms with van der Waals surface area (Å²) in [5.41, 5.74) is 1.62. The maximum absolute atomic E-state index is 13.4. The maximum atomic E-state index is 13.4. The number of alkyl halides is 3. The second kappa shape index (κ2) is 12.7. The summed E-state index contributed by atoms with van der Waals surface area (Å²) < 4.78 is 45.1. The van der Waals surface area contributed by atoms with Gasteiger partial charge >= 0.3 is 12.2 Å². The molecule has 4 aromatic rings. The molecule has 1 saturated heterocycles. The van der Waals surface area contributed by atoms with Gasteiger partial charge in [-0.25, -0.2) is 9.78 Å². The fourth-order valence-electron chi connectivity index (χ4n) is 4.43. The van der Waals surface area contributed by atoms with E-state index in [1.807, 2.05) is 36.4 Å². The molecule has 0 aliphatic carbocycles. The van der Waals surface area contributed by atoms with Crippen LogP contribution in [0.3, 0.4) is 0 Å². The van der Waals surface area contributed by atoms with Gasteiger partial charge in [0.05, 0.1) is 35.4 Å². The smallest absolute Gasteiger partial charge is 0.379 e. The first-order valence-electron chi connectivity index (χ1n) is 13.0. The number of hydrogen-bond donors (Lipinski definition) is 2. The normalized spacial score (nSPS) is 14.1. The van der Waals surface area contributed by atoms with E-state index in [1.54, 1.807) is 17.0 Å². The summed E-state index contributed by atoms with van der Waals surface area (Å²) >= 11 is 1.30. The number of anilines is 3. The zero-order chi connectivity index (χ0) is 28.8. The quantitative estimate of drug-likeness (QED) is 0.271. The van der Waals surface area contributed by atoms with Gasteiger partial charge in [0.15, 0.2) is 5.13 Å². The number of nitrogens with one attached hydrogen (secondary N) is 2. The minimum atomic E-state index is -4.46. The van der Waals surface area contributed by atoms with E-state index in [0.717, 1.165) is 35.5 Å². The third-order valence-corrected chi connectivity index (χ3v) is 7.52. The molecule has 41 heavy (non-hydrogen) atoms. The van der Waals surface area contributed by atoms with Crippen molar-refractivity contribution in [1.29, 1.82) is 0 Å². The Bertz CT molecular complexity index is 1490. The van der Waals surface area contributed by atoms with E-state index in [-0.39, 0.29) is 18.0 Å². The number of fused-ring (bicyclic) bond motifs is 1. The van der Waals surface area contributed by atoms with Crippen molar-refractivity contribution in [1.82, 2.24) is 9.88 Å². The Kier molecular flexibility index (Phi) is 8.81. The number of halogens is 3. The molecular weight excluding hydrogens is 555 g/mol. The molecule has 0 unspecified atom stereocenters. The number of hydrogen-bond acceptors (Lipinski definition) is 6. The monoisotopic (exact) mass is 583 g/mol. The van der Waals surface area contributed by atoms with Gasteiger partial charge < -0.3 is 15.4 Å². The third-order valence-electron chi connectivity index (χ3n) is 6.59. The number of morpholine rings is 1. The van der Waals surface area contributed by atoms with Crippen molar-refractivity contribution >= 4 is 50.0 Å². The van der Waals surface area contributed by atoms with Crippen molar-refractivity contribution in [2.75, 3.05) is 54.9 Å². The highest BCUT2D eigenvalue weighted by molar-refractivity contribution is 7.22. The van der Waals surface area contributed by atoms with Crippen LogP contribution in [0.4, 0.5) is 34.5 Å². The Balaban J connectivity index is 1.33. The van der Waals surface area contributed by atoms with E-state index < -0.39 is 17.8 Å². The lowest BCUT2D eigenvalue weighted by molar-refractivity contribution is -0.137. The molecule has 0 radical (unpaired) electrons. The highest BCUT2D eigenvalue weighted by Crippen LogP contribution is 2.32. The molecule has 1 aliphatic rings. The van der Waals surface area contributed by atoms with Crippen molar-refractivity contribution in [2.45, 2.75) is 12.6 Å². The van der Waals surface area contributed by atoms with Crippen LogP contribution in [0.2, 0.25) is 0 Å². The van der Waals surface area contributed by atoms with Crippen molar-refractivity contribution in [3.05, 3.63) is 83.9 Å². The summed E-state index contributed by atoms with van der Waals surface area (Å²) in [6.07, 6.45) is -4.24. The lowest BCUT2D eigenvalue weighted by Gasteiger charge is -2.30. The third kappa shape index (κ3) is 7.60. The average molecular weight is 584 g/mol. The average Bonchev–Trinajstić information content (AvgIpc) is 3.35. The first-order chi connectivity index (χ1) is 19.7. The number of thiazole rings is 1. The van der Waals surface area contributed by atoms with Crippen LogP contribution < -0.4 is 15.5 Å². The Morgan fingerprint density at radius 3 is 2.41 bits per heavy atom. The van der Waals surface area contributed by atoms with Crippen molar-refractivity contribution in [3.63, 3.8) is 0 Å². The maximum Gasteiger partial charge on any atom is 0.416 e. The molecule has 3 aromatic carbocycles. The Morgan fingerprint density at radius 2 is 1.71 bits per heavy atom. The van der Waals surface area contributed by atoms with Crippen molar-refractivity contribution in [3.8, 4) is 0 Å². The summed E-state index contributed by atoms with van der Waals surface area (Å²) in [6.45, 7) is 3.65. The summed E-state index contributed by atoms with van der Waals surface area (Å²) in [6, 6.07) is 18.6. The molecule has 1 fully saturated rings. The molecule has 0 saturated carbocycles. The predicted molar refractivity (Wildman–Crippen MR) is 153 cm³/mol. The van der Waals surface area contributed by atoms with Crippen LogP contribution in [0.15, 0.2) is 72.8 Å². The second-order valence-corrected chi connectivity index (χ2v) is 10.5. The van der Waals surface area contributed by atoms with Gasteiger partial charge in [-0.2, -0.15) is 13.2 Å². The molecule has 2 N–H and O–H groups in total. The Morgan fingerprint density at radius 1 is 0.976 bits per heavy atom. The van der Waals surface area contributed by atoms with Crippen molar-refractivity contribution < 1.29 is 27.5 Å². The van der Waals surface area contributed by atoms with Gasteiger partial charge in [0.2, 0.25) is 5.91 Å². The molecule has 8 nitrogen and oxygen atoms in total. The number of aromatic nitrogens is 1. The van der Waals surface area contributed by atoms with Crippen LogP contribution in [0, 0.1) is 0 Å². The van der Waals surface area contributed by atoms with E-state index in [9.17, 15) is 22.8 Å². The van der Waals surface area contributed by atoms with Gasteiger partial charge in [0, 0.05) is 37.6 Å². The lowest BCUT2D eigenvalue weighted by Crippen LogP contribution is -2.44. The van der Waals surface area contributed by atoms with Crippen LogP contribution in [-0.2, 0) is 22.1 Å². The van der Waals surface area contributed by atoms with Crippen LogP contribution in [0.5, 0.6) is 0 Å². The highest BCUT2D eigenvalue weighted by Gasteiger charge is 2.30. The summed E-state index contributed by atoms with van der Waals surface area (Å²) in [5, 5.41) is 6.01. The molecule has 1 aliphatic heterocycles. The fraction of sp³-hybridized carbons (Fsp3) is 0.276. The number of carbonyl (C=O) groups is 2. The van der Waals surface area contributed by atoms with Crippen LogP contribution in [-0.4, -0.2) is 61.2 Å². The number of rotatable bonds is 8. The van der Waals surface area contributed by atoms with Gasteiger partial charge in [0.1, 0.15) is 0 Å². The van der Waals surface area contributed by atoms with E-state index in [0.29, 0.717) is 42.6 Å². The molecule has 1 aromatic heterocycles. The molecule has 0 bridgehead atoms. The van der Waals surface area contributed by atoms with Gasteiger partial charge in [-0.15, -0.1) is 0 Å². The van der Waals surface area contributed by atoms with Crippen molar-refractivity contribution in [2.24, 2.45) is 0 Å². The number of amides is 3. The first-order valence-corrected chi connectivity index (χ1v) is 13.9. The largest absolute Gasteiger partial charge is 0.416 e. The van der Waals surface area contributed by atoms with Crippen LogP contribution in [0.25, 0.3) is 10.2 Å². The molecule has 214 valence electrons. The first kappa shape index (κ1) is 28.5.